The number of amides is 1. The number of hydrogen-bond donors (Lipinski definition) is 2. The molecule has 2 rings (SSSR count). The first kappa shape index (κ1) is 17.5. The van der Waals surface area contributed by atoms with Gasteiger partial charge in [0.15, 0.2) is 5.76 Å². The smallest absolute Gasteiger partial charge is 0.287 e. The van der Waals surface area contributed by atoms with Gasteiger partial charge < -0.3 is 14.5 Å². The second kappa shape index (κ2) is 8.67. The van der Waals surface area contributed by atoms with Gasteiger partial charge in [-0.15, -0.1) is 0 Å². The summed E-state index contributed by atoms with van der Waals surface area (Å²) in [4.78, 5) is 11.7. The molecule has 1 unspecified atom stereocenters. The van der Waals surface area contributed by atoms with Crippen molar-refractivity contribution in [2.24, 2.45) is 0 Å². The highest BCUT2D eigenvalue weighted by atomic mass is 32.1. The first-order valence-corrected chi connectivity index (χ1v) is 8.47. The van der Waals surface area contributed by atoms with Crippen molar-refractivity contribution in [1.29, 1.82) is 0 Å². The number of carbonyl (C=O) groups is 1. The van der Waals surface area contributed by atoms with Crippen molar-refractivity contribution >= 4 is 18.5 Å². The van der Waals surface area contributed by atoms with Crippen LogP contribution in [-0.2, 0) is 6.61 Å². The molecule has 0 saturated heterocycles. The van der Waals surface area contributed by atoms with Crippen LogP contribution in [-0.4, -0.2) is 18.2 Å². The molecule has 0 bridgehead atoms. The van der Waals surface area contributed by atoms with E-state index in [0.717, 1.165) is 12.2 Å². The van der Waals surface area contributed by atoms with E-state index in [1.165, 1.54) is 5.56 Å². The second-order valence-corrected chi connectivity index (χ2v) is 5.86. The average molecular weight is 333 g/mol. The standard InChI is InChI=1S/C18H23NO3S/c1-3-13(2)14-4-6-15(7-5-14)21-12-16-8-9-17(22-16)18(20)19-10-11-23/h4-9,13,23H,3,10-12H2,1-2H3,(H,19,20). The predicted octanol–water partition coefficient (Wildman–Crippen LogP) is 4.03. The van der Waals surface area contributed by atoms with Crippen molar-refractivity contribution in [1.82, 2.24) is 5.32 Å². The summed E-state index contributed by atoms with van der Waals surface area (Å²) < 4.78 is 11.2. The van der Waals surface area contributed by atoms with E-state index in [1.54, 1.807) is 12.1 Å². The molecule has 1 aromatic carbocycles. The molecule has 0 radical (unpaired) electrons. The van der Waals surface area contributed by atoms with E-state index in [4.69, 9.17) is 9.15 Å². The third kappa shape index (κ3) is 5.06. The molecule has 0 spiro atoms. The highest BCUT2D eigenvalue weighted by molar-refractivity contribution is 7.80. The first-order chi connectivity index (χ1) is 11.1. The molecule has 1 heterocycles. The van der Waals surface area contributed by atoms with Crippen LogP contribution < -0.4 is 10.1 Å². The molecule has 1 amide bonds. The highest BCUT2D eigenvalue weighted by Crippen LogP contribution is 2.22. The summed E-state index contributed by atoms with van der Waals surface area (Å²) in [5, 5.41) is 2.71. The fourth-order valence-electron chi connectivity index (χ4n) is 2.12. The molecular weight excluding hydrogens is 310 g/mol. The van der Waals surface area contributed by atoms with Gasteiger partial charge >= 0.3 is 0 Å². The molecule has 23 heavy (non-hydrogen) atoms. The summed E-state index contributed by atoms with van der Waals surface area (Å²) in [7, 11) is 0. The molecule has 0 aliphatic carbocycles. The number of benzene rings is 1. The van der Waals surface area contributed by atoms with Crippen LogP contribution in [0.2, 0.25) is 0 Å². The van der Waals surface area contributed by atoms with E-state index in [9.17, 15) is 4.79 Å². The summed E-state index contributed by atoms with van der Waals surface area (Å²) in [6, 6.07) is 11.5. The van der Waals surface area contributed by atoms with Gasteiger partial charge in [-0.05, 0) is 42.2 Å². The highest BCUT2D eigenvalue weighted by Gasteiger charge is 2.11. The Morgan fingerprint density at radius 2 is 2.00 bits per heavy atom. The SMILES string of the molecule is CCC(C)c1ccc(OCc2ccc(C(=O)NCCS)o2)cc1. The Labute approximate surface area is 142 Å². The number of carbonyl (C=O) groups excluding carboxylic acids is 1. The van der Waals surface area contributed by atoms with Crippen molar-refractivity contribution < 1.29 is 13.9 Å². The predicted molar refractivity (Wildman–Crippen MR) is 94.4 cm³/mol. The molecule has 2 aromatic rings. The van der Waals surface area contributed by atoms with Crippen molar-refractivity contribution in [3.05, 3.63) is 53.5 Å². The van der Waals surface area contributed by atoms with Gasteiger partial charge in [-0.2, -0.15) is 12.6 Å². The Bertz CT molecular complexity index is 621. The first-order valence-electron chi connectivity index (χ1n) is 7.84. The second-order valence-electron chi connectivity index (χ2n) is 5.41. The molecule has 1 N–H and O–H groups in total. The van der Waals surface area contributed by atoms with Crippen molar-refractivity contribution in [2.75, 3.05) is 12.3 Å². The average Bonchev–Trinajstić information content (AvgIpc) is 3.06. The maximum absolute atomic E-state index is 11.7. The minimum Gasteiger partial charge on any atom is -0.486 e. The minimum atomic E-state index is -0.233. The Kier molecular flexibility index (Phi) is 6.59. The zero-order chi connectivity index (χ0) is 16.7. The third-order valence-corrected chi connectivity index (χ3v) is 3.95. The summed E-state index contributed by atoms with van der Waals surface area (Å²) in [6.07, 6.45) is 1.12. The van der Waals surface area contributed by atoms with Crippen LogP contribution in [0.1, 0.15) is 48.1 Å². The van der Waals surface area contributed by atoms with Crippen LogP contribution in [0.25, 0.3) is 0 Å². The number of thiol groups is 1. The molecule has 124 valence electrons. The van der Waals surface area contributed by atoms with Crippen LogP contribution in [0.15, 0.2) is 40.8 Å². The van der Waals surface area contributed by atoms with E-state index in [2.05, 4.69) is 43.9 Å². The van der Waals surface area contributed by atoms with E-state index in [-0.39, 0.29) is 11.7 Å². The summed E-state index contributed by atoms with van der Waals surface area (Å²) >= 11 is 4.05. The Morgan fingerprint density at radius 3 is 2.65 bits per heavy atom. The van der Waals surface area contributed by atoms with E-state index < -0.39 is 0 Å². The zero-order valence-corrected chi connectivity index (χ0v) is 14.4. The summed E-state index contributed by atoms with van der Waals surface area (Å²) in [6.45, 7) is 5.19. The number of rotatable bonds is 8. The fraction of sp³-hybridized carbons (Fsp3) is 0.389. The van der Waals surface area contributed by atoms with Crippen LogP contribution in [0.4, 0.5) is 0 Å². The van der Waals surface area contributed by atoms with E-state index in [1.807, 2.05) is 12.1 Å². The Morgan fingerprint density at radius 1 is 1.26 bits per heavy atom. The van der Waals surface area contributed by atoms with Gasteiger partial charge in [-0.3, -0.25) is 4.79 Å². The molecule has 5 heteroatoms. The van der Waals surface area contributed by atoms with Crippen LogP contribution in [0.3, 0.4) is 0 Å². The lowest BCUT2D eigenvalue weighted by atomic mass is 9.99. The Hall–Kier alpha value is -1.88. The van der Waals surface area contributed by atoms with Gasteiger partial charge in [0, 0.05) is 12.3 Å². The van der Waals surface area contributed by atoms with Crippen LogP contribution in [0, 0.1) is 0 Å². The lowest BCUT2D eigenvalue weighted by Gasteiger charge is -2.10. The molecule has 0 aliphatic rings. The maximum atomic E-state index is 11.7. The quantitative estimate of drug-likeness (QED) is 0.717. The lowest BCUT2D eigenvalue weighted by molar-refractivity contribution is 0.0924. The molecule has 1 atom stereocenters. The number of nitrogens with one attached hydrogen (secondary N) is 1. The van der Waals surface area contributed by atoms with E-state index in [0.29, 0.717) is 30.6 Å². The molecule has 0 fully saturated rings. The summed E-state index contributed by atoms with van der Waals surface area (Å²) in [5.41, 5.74) is 1.31. The molecule has 0 aliphatic heterocycles. The summed E-state index contributed by atoms with van der Waals surface area (Å²) in [5.74, 6) is 2.60. The van der Waals surface area contributed by atoms with Gasteiger partial charge in [-0.1, -0.05) is 26.0 Å². The molecular formula is C18H23NO3S. The monoisotopic (exact) mass is 333 g/mol. The number of furan rings is 1. The van der Waals surface area contributed by atoms with Crippen molar-refractivity contribution in [3.63, 3.8) is 0 Å². The zero-order valence-electron chi connectivity index (χ0n) is 13.5. The van der Waals surface area contributed by atoms with Gasteiger partial charge in [0.2, 0.25) is 0 Å². The maximum Gasteiger partial charge on any atom is 0.287 e. The topological polar surface area (TPSA) is 51.5 Å². The van der Waals surface area contributed by atoms with Gasteiger partial charge in [0.05, 0.1) is 0 Å². The third-order valence-electron chi connectivity index (χ3n) is 3.73. The van der Waals surface area contributed by atoms with Crippen LogP contribution in [0.5, 0.6) is 5.75 Å². The number of ether oxygens (including phenoxy) is 1. The minimum absolute atomic E-state index is 0.233. The van der Waals surface area contributed by atoms with Crippen molar-refractivity contribution in [3.8, 4) is 5.75 Å². The normalized spacial score (nSPS) is 12.0. The molecule has 1 aromatic heterocycles. The van der Waals surface area contributed by atoms with E-state index >= 15 is 0 Å². The molecule has 4 nitrogen and oxygen atoms in total. The van der Waals surface area contributed by atoms with Gasteiger partial charge in [0.25, 0.3) is 5.91 Å². The Balaban J connectivity index is 1.88. The lowest BCUT2D eigenvalue weighted by Crippen LogP contribution is -2.24. The van der Waals surface area contributed by atoms with Crippen LogP contribution >= 0.6 is 12.6 Å². The molecule has 0 saturated carbocycles. The van der Waals surface area contributed by atoms with Crippen molar-refractivity contribution in [2.45, 2.75) is 32.8 Å². The number of hydrogen-bond acceptors (Lipinski definition) is 4. The fourth-order valence-corrected chi connectivity index (χ4v) is 2.23. The van der Waals surface area contributed by atoms with Gasteiger partial charge in [0.1, 0.15) is 18.1 Å². The van der Waals surface area contributed by atoms with Gasteiger partial charge in [-0.25, -0.2) is 0 Å². The largest absolute Gasteiger partial charge is 0.486 e.